The van der Waals surface area contributed by atoms with E-state index in [4.69, 9.17) is 11.6 Å². The van der Waals surface area contributed by atoms with E-state index in [0.29, 0.717) is 10.6 Å². The molecule has 5 heteroatoms. The molecule has 1 aliphatic heterocycles. The molecule has 2 nitrogen and oxygen atoms in total. The maximum atomic E-state index is 12.7. The molecule has 2 aromatic rings. The number of para-hydroxylation sites is 1. The topological polar surface area (TPSA) is 20.3 Å². The highest BCUT2D eigenvalue weighted by atomic mass is 79.9. The third kappa shape index (κ3) is 2.60. The van der Waals surface area contributed by atoms with Gasteiger partial charge in [-0.05, 0) is 46.3 Å². The Morgan fingerprint density at radius 1 is 1.25 bits per heavy atom. The largest absolute Gasteiger partial charge is 0.306 e. The van der Waals surface area contributed by atoms with Gasteiger partial charge in [0.05, 0.1) is 11.3 Å². The minimum absolute atomic E-state index is 0.00120. The van der Waals surface area contributed by atoms with Crippen LogP contribution < -0.4 is 4.90 Å². The van der Waals surface area contributed by atoms with Crippen LogP contribution in [-0.2, 0) is 0 Å². The van der Waals surface area contributed by atoms with Gasteiger partial charge in [0.15, 0.2) is 0 Å². The van der Waals surface area contributed by atoms with Gasteiger partial charge in [0.2, 0.25) is 0 Å². The number of benzene rings is 2. The molecule has 0 saturated carbocycles. The van der Waals surface area contributed by atoms with Gasteiger partial charge in [-0.2, -0.15) is 0 Å². The van der Waals surface area contributed by atoms with E-state index in [0.717, 1.165) is 27.4 Å². The molecule has 102 valence electrons. The Morgan fingerprint density at radius 2 is 2.05 bits per heavy atom. The quantitative estimate of drug-likeness (QED) is 0.717. The third-order valence-corrected chi connectivity index (χ3v) is 5.07. The molecule has 0 saturated heterocycles. The van der Waals surface area contributed by atoms with Crippen LogP contribution in [0.1, 0.15) is 10.4 Å². The SMILES string of the molecule is O=C(c1ccc(Cl)cc1Br)N1CCSc2ccccc21. The molecule has 0 N–H and O–H groups in total. The first-order chi connectivity index (χ1) is 9.66. The summed E-state index contributed by atoms with van der Waals surface area (Å²) in [5.74, 6) is 0.912. The van der Waals surface area contributed by atoms with Crippen LogP contribution in [0.25, 0.3) is 0 Å². The van der Waals surface area contributed by atoms with Crippen molar-refractivity contribution in [1.29, 1.82) is 0 Å². The number of anilines is 1. The average molecular weight is 369 g/mol. The van der Waals surface area contributed by atoms with Crippen LogP contribution in [0.2, 0.25) is 5.02 Å². The van der Waals surface area contributed by atoms with E-state index >= 15 is 0 Å². The zero-order valence-corrected chi connectivity index (χ0v) is 13.6. The predicted molar refractivity (Wildman–Crippen MR) is 88.0 cm³/mol. The van der Waals surface area contributed by atoms with Crippen molar-refractivity contribution in [3.05, 3.63) is 57.5 Å². The lowest BCUT2D eigenvalue weighted by Crippen LogP contribution is -2.35. The number of hydrogen-bond donors (Lipinski definition) is 0. The Balaban J connectivity index is 2.00. The Labute approximate surface area is 135 Å². The molecule has 2 aromatic carbocycles. The lowest BCUT2D eigenvalue weighted by atomic mass is 10.1. The second-order valence-corrected chi connectivity index (χ2v) is 6.82. The van der Waals surface area contributed by atoms with E-state index in [-0.39, 0.29) is 5.91 Å². The molecule has 0 aromatic heterocycles. The molecule has 20 heavy (non-hydrogen) atoms. The molecular weight excluding hydrogens is 358 g/mol. The van der Waals surface area contributed by atoms with Crippen molar-refractivity contribution in [3.63, 3.8) is 0 Å². The van der Waals surface area contributed by atoms with Crippen molar-refractivity contribution >= 4 is 50.9 Å². The van der Waals surface area contributed by atoms with E-state index < -0.39 is 0 Å². The molecule has 3 rings (SSSR count). The summed E-state index contributed by atoms with van der Waals surface area (Å²) in [5, 5.41) is 0.614. The molecular formula is C15H11BrClNOS. The van der Waals surface area contributed by atoms with Crippen molar-refractivity contribution in [2.75, 3.05) is 17.2 Å². The average Bonchev–Trinajstić information content (AvgIpc) is 2.46. The van der Waals surface area contributed by atoms with Crippen LogP contribution in [-0.4, -0.2) is 18.2 Å². The number of carbonyl (C=O) groups is 1. The minimum Gasteiger partial charge on any atom is -0.306 e. The molecule has 0 aliphatic carbocycles. The Bertz CT molecular complexity index is 677. The van der Waals surface area contributed by atoms with Gasteiger partial charge in [0.25, 0.3) is 5.91 Å². The van der Waals surface area contributed by atoms with E-state index in [2.05, 4.69) is 22.0 Å². The van der Waals surface area contributed by atoms with Crippen molar-refractivity contribution < 1.29 is 4.79 Å². The first-order valence-electron chi connectivity index (χ1n) is 6.15. The van der Waals surface area contributed by atoms with Gasteiger partial charge in [-0.3, -0.25) is 4.79 Å². The summed E-state index contributed by atoms with van der Waals surface area (Å²) in [6.07, 6.45) is 0. The number of carbonyl (C=O) groups excluding carboxylic acids is 1. The van der Waals surface area contributed by atoms with Crippen molar-refractivity contribution in [3.8, 4) is 0 Å². The Hall–Kier alpha value is -0.970. The number of halogens is 2. The third-order valence-electron chi connectivity index (χ3n) is 3.14. The first kappa shape index (κ1) is 14.0. The molecule has 0 spiro atoms. The van der Waals surface area contributed by atoms with Gasteiger partial charge in [0.1, 0.15) is 0 Å². The van der Waals surface area contributed by atoms with Crippen LogP contribution in [0, 0.1) is 0 Å². The lowest BCUT2D eigenvalue weighted by molar-refractivity contribution is 0.0987. The zero-order valence-electron chi connectivity index (χ0n) is 10.5. The predicted octanol–water partition coefficient (Wildman–Crippen LogP) is 4.86. The number of nitrogens with zero attached hydrogens (tertiary/aromatic N) is 1. The number of fused-ring (bicyclic) bond motifs is 1. The second kappa shape index (κ2) is 5.80. The van der Waals surface area contributed by atoms with Gasteiger partial charge in [-0.25, -0.2) is 0 Å². The van der Waals surface area contributed by atoms with Crippen molar-refractivity contribution in [2.45, 2.75) is 4.90 Å². The summed E-state index contributed by atoms with van der Waals surface area (Å²) in [4.78, 5) is 15.7. The van der Waals surface area contributed by atoms with Gasteiger partial charge in [-0.1, -0.05) is 23.7 Å². The van der Waals surface area contributed by atoms with Crippen LogP contribution in [0.4, 0.5) is 5.69 Å². The van der Waals surface area contributed by atoms with Crippen LogP contribution in [0.15, 0.2) is 51.8 Å². The fraction of sp³-hybridized carbons (Fsp3) is 0.133. The first-order valence-corrected chi connectivity index (χ1v) is 8.31. The van der Waals surface area contributed by atoms with Gasteiger partial charge >= 0.3 is 0 Å². The number of amides is 1. The highest BCUT2D eigenvalue weighted by molar-refractivity contribution is 9.10. The van der Waals surface area contributed by atoms with E-state index in [1.807, 2.05) is 23.1 Å². The molecule has 0 atom stereocenters. The molecule has 0 fully saturated rings. The standard InChI is InChI=1S/C15H11BrClNOS/c16-12-9-10(17)5-6-11(12)15(19)18-7-8-20-14-4-2-1-3-13(14)18/h1-6,9H,7-8H2. The fourth-order valence-electron chi connectivity index (χ4n) is 2.19. The van der Waals surface area contributed by atoms with Gasteiger partial charge in [-0.15, -0.1) is 11.8 Å². The van der Waals surface area contributed by atoms with E-state index in [1.165, 1.54) is 0 Å². The van der Waals surface area contributed by atoms with Crippen molar-refractivity contribution in [2.24, 2.45) is 0 Å². The summed E-state index contributed by atoms with van der Waals surface area (Å²) in [5.41, 5.74) is 1.62. The van der Waals surface area contributed by atoms with Crippen molar-refractivity contribution in [1.82, 2.24) is 0 Å². The van der Waals surface area contributed by atoms with Crippen LogP contribution >= 0.6 is 39.3 Å². The molecule has 1 heterocycles. The highest BCUT2D eigenvalue weighted by Gasteiger charge is 2.24. The molecule has 1 amide bonds. The highest BCUT2D eigenvalue weighted by Crippen LogP contribution is 2.35. The molecule has 1 aliphatic rings. The molecule has 0 unspecified atom stereocenters. The summed E-state index contributed by atoms with van der Waals surface area (Å²) in [6, 6.07) is 13.3. The lowest BCUT2D eigenvalue weighted by Gasteiger charge is -2.29. The summed E-state index contributed by atoms with van der Waals surface area (Å²) >= 11 is 11.1. The molecule has 0 bridgehead atoms. The Morgan fingerprint density at radius 3 is 2.85 bits per heavy atom. The van der Waals surface area contributed by atoms with E-state index in [1.54, 1.807) is 30.0 Å². The van der Waals surface area contributed by atoms with Gasteiger partial charge in [0, 0.05) is 26.7 Å². The number of hydrogen-bond acceptors (Lipinski definition) is 2. The molecule has 0 radical (unpaired) electrons. The fourth-order valence-corrected chi connectivity index (χ4v) is 4.04. The zero-order chi connectivity index (χ0) is 14.1. The van der Waals surface area contributed by atoms with Crippen LogP contribution in [0.5, 0.6) is 0 Å². The van der Waals surface area contributed by atoms with Gasteiger partial charge < -0.3 is 4.90 Å². The van der Waals surface area contributed by atoms with E-state index in [9.17, 15) is 4.79 Å². The Kier molecular flexibility index (Phi) is 4.06. The number of thioether (sulfide) groups is 1. The minimum atomic E-state index is 0.00120. The second-order valence-electron chi connectivity index (χ2n) is 4.40. The summed E-state index contributed by atoms with van der Waals surface area (Å²) in [7, 11) is 0. The summed E-state index contributed by atoms with van der Waals surface area (Å²) < 4.78 is 0.728. The summed E-state index contributed by atoms with van der Waals surface area (Å²) in [6.45, 7) is 0.718. The van der Waals surface area contributed by atoms with Crippen LogP contribution in [0.3, 0.4) is 0 Å². The normalized spacial score (nSPS) is 14.0. The maximum Gasteiger partial charge on any atom is 0.259 e. The monoisotopic (exact) mass is 367 g/mol. The maximum absolute atomic E-state index is 12.7. The smallest absolute Gasteiger partial charge is 0.259 e. The number of rotatable bonds is 1.